The highest BCUT2D eigenvalue weighted by Gasteiger charge is 2.14. The summed E-state index contributed by atoms with van der Waals surface area (Å²) >= 11 is 0. The molecule has 1 heterocycles. The van der Waals surface area contributed by atoms with Crippen LogP contribution >= 0.6 is 0 Å². The number of hydrogen-bond acceptors (Lipinski definition) is 1. The largest absolute Gasteiger partial charge is 0.384 e. The number of hydrogen-bond donors (Lipinski definition) is 1. The van der Waals surface area contributed by atoms with Gasteiger partial charge in [-0.05, 0) is 36.1 Å². The van der Waals surface area contributed by atoms with Crippen molar-refractivity contribution >= 4 is 5.69 Å². The summed E-state index contributed by atoms with van der Waals surface area (Å²) in [6.07, 6.45) is 1.14. The molecule has 0 saturated carbocycles. The van der Waals surface area contributed by atoms with Crippen LogP contribution in [-0.2, 0) is 6.42 Å². The fourth-order valence-corrected chi connectivity index (χ4v) is 2.43. The summed E-state index contributed by atoms with van der Waals surface area (Å²) in [5.74, 6) is 0. The van der Waals surface area contributed by atoms with Gasteiger partial charge in [0.1, 0.15) is 0 Å². The Morgan fingerprint density at radius 2 is 1.94 bits per heavy atom. The summed E-state index contributed by atoms with van der Waals surface area (Å²) in [4.78, 5) is 0. The average Bonchev–Trinajstić information content (AvgIpc) is 2.76. The Labute approximate surface area is 96.1 Å². The Hall–Kier alpha value is -1.76. The smallest absolute Gasteiger partial charge is 0.0379 e. The Bertz CT molecular complexity index is 529. The standard InChI is InChI=1S/C15H15N/c1-11-4-2-5-12(10-11)13-6-3-7-15-14(13)8-9-16-15/h2-7,10,16H,8-9H2,1H3. The van der Waals surface area contributed by atoms with Crippen LogP contribution in [0.15, 0.2) is 42.5 Å². The molecule has 2 aromatic rings. The van der Waals surface area contributed by atoms with Crippen LogP contribution in [0.3, 0.4) is 0 Å². The molecule has 1 nitrogen and oxygen atoms in total. The van der Waals surface area contributed by atoms with Gasteiger partial charge in [-0.15, -0.1) is 0 Å². The van der Waals surface area contributed by atoms with Gasteiger partial charge in [-0.25, -0.2) is 0 Å². The van der Waals surface area contributed by atoms with Crippen LogP contribution in [-0.4, -0.2) is 6.54 Å². The Morgan fingerprint density at radius 1 is 1.06 bits per heavy atom. The predicted molar refractivity (Wildman–Crippen MR) is 68.8 cm³/mol. The molecule has 0 amide bonds. The van der Waals surface area contributed by atoms with E-state index in [1.807, 2.05) is 0 Å². The first kappa shape index (κ1) is 9.46. The van der Waals surface area contributed by atoms with Crippen molar-refractivity contribution in [2.75, 3.05) is 11.9 Å². The number of aryl methyl sites for hydroxylation is 1. The molecule has 0 bridgehead atoms. The molecule has 0 atom stereocenters. The second-order valence-electron chi connectivity index (χ2n) is 4.38. The first-order valence-corrected chi connectivity index (χ1v) is 5.77. The molecule has 16 heavy (non-hydrogen) atoms. The molecule has 0 saturated heterocycles. The zero-order valence-electron chi connectivity index (χ0n) is 9.46. The van der Waals surface area contributed by atoms with E-state index in [1.54, 1.807) is 0 Å². The van der Waals surface area contributed by atoms with Gasteiger partial charge in [0.25, 0.3) is 0 Å². The van der Waals surface area contributed by atoms with E-state index in [2.05, 4.69) is 54.7 Å². The monoisotopic (exact) mass is 209 g/mol. The maximum Gasteiger partial charge on any atom is 0.0379 e. The minimum absolute atomic E-state index is 1.07. The molecule has 80 valence electrons. The quantitative estimate of drug-likeness (QED) is 0.756. The molecule has 2 aromatic carbocycles. The van der Waals surface area contributed by atoms with Crippen molar-refractivity contribution in [3.8, 4) is 11.1 Å². The lowest BCUT2D eigenvalue weighted by molar-refractivity contribution is 1.11. The minimum Gasteiger partial charge on any atom is -0.384 e. The minimum atomic E-state index is 1.07. The summed E-state index contributed by atoms with van der Waals surface area (Å²) in [5.41, 5.74) is 6.81. The number of fused-ring (bicyclic) bond motifs is 1. The van der Waals surface area contributed by atoms with Gasteiger partial charge in [-0.1, -0.05) is 42.0 Å². The van der Waals surface area contributed by atoms with Crippen LogP contribution in [0.2, 0.25) is 0 Å². The summed E-state index contributed by atoms with van der Waals surface area (Å²) in [6, 6.07) is 15.3. The molecular formula is C15H15N. The molecular weight excluding hydrogens is 194 g/mol. The van der Waals surface area contributed by atoms with Gasteiger partial charge in [0.2, 0.25) is 0 Å². The van der Waals surface area contributed by atoms with Crippen molar-refractivity contribution in [2.24, 2.45) is 0 Å². The van der Waals surface area contributed by atoms with E-state index in [0.717, 1.165) is 13.0 Å². The van der Waals surface area contributed by atoms with Gasteiger partial charge in [0.15, 0.2) is 0 Å². The third kappa shape index (κ3) is 1.49. The van der Waals surface area contributed by atoms with Crippen molar-refractivity contribution in [2.45, 2.75) is 13.3 Å². The van der Waals surface area contributed by atoms with E-state index in [9.17, 15) is 0 Å². The van der Waals surface area contributed by atoms with Crippen molar-refractivity contribution < 1.29 is 0 Å². The highest BCUT2D eigenvalue weighted by Crippen LogP contribution is 2.32. The van der Waals surface area contributed by atoms with Crippen LogP contribution in [0.4, 0.5) is 5.69 Å². The second-order valence-corrected chi connectivity index (χ2v) is 4.38. The summed E-state index contributed by atoms with van der Waals surface area (Å²) in [5, 5.41) is 3.42. The topological polar surface area (TPSA) is 12.0 Å². The van der Waals surface area contributed by atoms with Gasteiger partial charge in [0, 0.05) is 12.2 Å². The third-order valence-electron chi connectivity index (χ3n) is 3.20. The zero-order chi connectivity index (χ0) is 11.0. The molecule has 1 N–H and O–H groups in total. The average molecular weight is 209 g/mol. The van der Waals surface area contributed by atoms with E-state index in [4.69, 9.17) is 0 Å². The van der Waals surface area contributed by atoms with Crippen LogP contribution in [0.1, 0.15) is 11.1 Å². The lowest BCUT2D eigenvalue weighted by Gasteiger charge is -2.08. The van der Waals surface area contributed by atoms with E-state index in [0.29, 0.717) is 0 Å². The Balaban J connectivity index is 2.17. The van der Waals surface area contributed by atoms with Crippen molar-refractivity contribution in [3.05, 3.63) is 53.6 Å². The second kappa shape index (κ2) is 3.67. The van der Waals surface area contributed by atoms with Gasteiger partial charge >= 0.3 is 0 Å². The van der Waals surface area contributed by atoms with E-state index < -0.39 is 0 Å². The molecule has 1 aliphatic rings. The first-order valence-electron chi connectivity index (χ1n) is 5.77. The summed E-state index contributed by atoms with van der Waals surface area (Å²) in [6.45, 7) is 3.21. The summed E-state index contributed by atoms with van der Waals surface area (Å²) in [7, 11) is 0. The van der Waals surface area contributed by atoms with Crippen molar-refractivity contribution in [1.82, 2.24) is 0 Å². The third-order valence-corrected chi connectivity index (χ3v) is 3.20. The van der Waals surface area contributed by atoms with E-state index in [1.165, 1.54) is 27.9 Å². The predicted octanol–water partition coefficient (Wildman–Crippen LogP) is 3.63. The van der Waals surface area contributed by atoms with Gasteiger partial charge in [-0.3, -0.25) is 0 Å². The molecule has 0 aliphatic carbocycles. The SMILES string of the molecule is Cc1cccc(-c2cccc3c2CCN3)c1. The van der Waals surface area contributed by atoms with Gasteiger partial charge in [0.05, 0.1) is 0 Å². The zero-order valence-corrected chi connectivity index (χ0v) is 9.46. The fourth-order valence-electron chi connectivity index (χ4n) is 2.43. The van der Waals surface area contributed by atoms with Crippen LogP contribution in [0.25, 0.3) is 11.1 Å². The first-order chi connectivity index (χ1) is 7.84. The Morgan fingerprint density at radius 3 is 2.81 bits per heavy atom. The molecule has 3 rings (SSSR count). The van der Waals surface area contributed by atoms with Crippen molar-refractivity contribution in [1.29, 1.82) is 0 Å². The lowest BCUT2D eigenvalue weighted by Crippen LogP contribution is -1.90. The summed E-state index contributed by atoms with van der Waals surface area (Å²) < 4.78 is 0. The number of nitrogens with one attached hydrogen (secondary N) is 1. The van der Waals surface area contributed by atoms with Gasteiger partial charge < -0.3 is 5.32 Å². The number of rotatable bonds is 1. The molecule has 0 spiro atoms. The highest BCUT2D eigenvalue weighted by molar-refractivity contribution is 5.76. The van der Waals surface area contributed by atoms with Crippen LogP contribution in [0, 0.1) is 6.92 Å². The van der Waals surface area contributed by atoms with Crippen molar-refractivity contribution in [3.63, 3.8) is 0 Å². The normalized spacial score (nSPS) is 13.3. The van der Waals surface area contributed by atoms with E-state index in [-0.39, 0.29) is 0 Å². The number of anilines is 1. The highest BCUT2D eigenvalue weighted by atomic mass is 14.9. The maximum absolute atomic E-state index is 3.42. The molecule has 1 heteroatoms. The lowest BCUT2D eigenvalue weighted by atomic mass is 9.97. The molecule has 1 aliphatic heterocycles. The molecule has 0 aromatic heterocycles. The molecule has 0 unspecified atom stereocenters. The molecule has 0 fully saturated rings. The van der Waals surface area contributed by atoms with Gasteiger partial charge in [-0.2, -0.15) is 0 Å². The van der Waals surface area contributed by atoms with Crippen LogP contribution in [0.5, 0.6) is 0 Å². The molecule has 0 radical (unpaired) electrons. The fraction of sp³-hybridized carbons (Fsp3) is 0.200. The number of benzene rings is 2. The maximum atomic E-state index is 3.42. The Kier molecular flexibility index (Phi) is 2.17. The van der Waals surface area contributed by atoms with Crippen LogP contribution < -0.4 is 5.32 Å². The van der Waals surface area contributed by atoms with E-state index >= 15 is 0 Å².